The molecule has 49 heavy (non-hydrogen) atoms. The number of unbranched alkanes of at least 4 members (excludes halogenated alkanes) is 2. The molecule has 1 aromatic rings. The van der Waals surface area contributed by atoms with Crippen molar-refractivity contribution in [2.24, 2.45) is 23.5 Å². The van der Waals surface area contributed by atoms with Crippen LogP contribution < -0.4 is 37.8 Å². The van der Waals surface area contributed by atoms with Crippen LogP contribution in [0.4, 0.5) is 0 Å². The van der Waals surface area contributed by atoms with Gasteiger partial charge in [-0.1, -0.05) is 76.8 Å². The largest absolute Gasteiger partial charge is 0.347 e. The number of hydrogen-bond acceptors (Lipinski definition) is 8. The Morgan fingerprint density at radius 2 is 1.45 bits per heavy atom. The van der Waals surface area contributed by atoms with Gasteiger partial charge in [0, 0.05) is 12.8 Å². The average molecular weight is 690 g/mol. The minimum Gasteiger partial charge on any atom is -0.347 e. The van der Waals surface area contributed by atoms with Crippen LogP contribution in [0.5, 0.6) is 0 Å². The molecule has 0 aromatic heterocycles. The Labute approximate surface area is 291 Å². The standard InChI is InChI=1S/C23H35N7O7.C9H16.C3H8/c24-10-6-2-5-9-19(32)25-12-20(33)26-14-22(35)30-18(11-17-7-3-1-4-8-17)23(36)27-13-21(34)28-16-37-29-15-31;1-7-6-8-2-4-9(7)5-3-8;1-3-2/h1,3-4,7-8,15,18H,2,5-6,9-14,16,24H2,(H,25,32)(H,26,33)(H,27,36)(H,28,34)(H,29,31)(H,30,35);7-9H,2-6H2,1H3;3H2,1-2H3. The lowest BCUT2D eigenvalue weighted by Gasteiger charge is -2.40. The van der Waals surface area contributed by atoms with Crippen molar-refractivity contribution in [3.8, 4) is 0 Å². The molecule has 1 aromatic carbocycles. The first kappa shape index (κ1) is 43.0. The molecule has 14 heteroatoms. The maximum atomic E-state index is 12.7. The van der Waals surface area contributed by atoms with Crippen LogP contribution in [0.1, 0.15) is 90.5 Å². The monoisotopic (exact) mass is 689 g/mol. The third-order valence-corrected chi connectivity index (χ3v) is 8.23. The lowest BCUT2D eigenvalue weighted by atomic mass is 9.65. The zero-order chi connectivity index (χ0) is 36.3. The topological polar surface area (TPSA) is 210 Å². The number of rotatable bonds is 19. The van der Waals surface area contributed by atoms with Crippen molar-refractivity contribution >= 4 is 35.9 Å². The molecule has 0 saturated heterocycles. The average Bonchev–Trinajstić information content (AvgIpc) is 3.10. The van der Waals surface area contributed by atoms with Crippen LogP contribution in [0.2, 0.25) is 0 Å². The van der Waals surface area contributed by atoms with E-state index in [-0.39, 0.29) is 38.4 Å². The van der Waals surface area contributed by atoms with Crippen molar-refractivity contribution in [1.29, 1.82) is 0 Å². The SMILES string of the molecule is CC1CC2CCC1CC2.CCC.NCCCCCC(=O)NCC(=O)NCC(=O)NC(Cc1ccccc1)C(=O)NCC(=O)NCONC=O. The molecule has 0 heterocycles. The van der Waals surface area contributed by atoms with E-state index in [0.29, 0.717) is 13.0 Å². The van der Waals surface area contributed by atoms with Gasteiger partial charge in [0.1, 0.15) is 12.8 Å². The smallest absolute Gasteiger partial charge is 0.243 e. The van der Waals surface area contributed by atoms with Crippen LogP contribution >= 0.6 is 0 Å². The molecule has 14 nitrogen and oxygen atoms in total. The Kier molecular flexibility index (Phi) is 23.6. The predicted molar refractivity (Wildman–Crippen MR) is 187 cm³/mol. The van der Waals surface area contributed by atoms with E-state index < -0.39 is 42.8 Å². The number of nitrogens with two attached hydrogens (primary N) is 1. The van der Waals surface area contributed by atoms with E-state index in [1.165, 1.54) is 6.42 Å². The molecule has 0 spiro atoms. The van der Waals surface area contributed by atoms with E-state index in [1.807, 2.05) is 5.48 Å². The Balaban J connectivity index is 0.000000827. The van der Waals surface area contributed by atoms with E-state index in [1.54, 1.807) is 62.4 Å². The summed E-state index contributed by atoms with van der Waals surface area (Å²) in [5.74, 6) is 0.657. The molecule has 3 aliphatic carbocycles. The van der Waals surface area contributed by atoms with Crippen LogP contribution in [0.25, 0.3) is 0 Å². The van der Waals surface area contributed by atoms with Gasteiger partial charge in [0.05, 0.1) is 19.6 Å². The number of hydroxylamine groups is 1. The third-order valence-electron chi connectivity index (χ3n) is 8.23. The molecule has 4 rings (SSSR count). The van der Waals surface area contributed by atoms with E-state index in [4.69, 9.17) is 5.73 Å². The van der Waals surface area contributed by atoms with Gasteiger partial charge in [0.15, 0.2) is 0 Å². The summed E-state index contributed by atoms with van der Waals surface area (Å²) in [6.45, 7) is 5.87. The van der Waals surface area contributed by atoms with Gasteiger partial charge in [0.25, 0.3) is 0 Å². The van der Waals surface area contributed by atoms with Crippen molar-refractivity contribution in [2.75, 3.05) is 32.9 Å². The summed E-state index contributed by atoms with van der Waals surface area (Å²) in [4.78, 5) is 75.2. The van der Waals surface area contributed by atoms with E-state index in [0.717, 1.165) is 36.2 Å². The lowest BCUT2D eigenvalue weighted by molar-refractivity contribution is -0.132. The second-order valence-corrected chi connectivity index (χ2v) is 12.5. The fourth-order valence-corrected chi connectivity index (χ4v) is 5.68. The maximum Gasteiger partial charge on any atom is 0.243 e. The van der Waals surface area contributed by atoms with Crippen molar-refractivity contribution in [2.45, 2.75) is 97.4 Å². The van der Waals surface area contributed by atoms with Crippen LogP contribution in [0.3, 0.4) is 0 Å². The molecule has 0 radical (unpaired) electrons. The van der Waals surface area contributed by atoms with Gasteiger partial charge in [-0.3, -0.25) is 33.6 Å². The second-order valence-electron chi connectivity index (χ2n) is 12.5. The molecule has 2 atom stereocenters. The Bertz CT molecular complexity index is 1110. The summed E-state index contributed by atoms with van der Waals surface area (Å²) < 4.78 is 0. The molecule has 3 aliphatic rings. The van der Waals surface area contributed by atoms with Gasteiger partial charge < -0.3 is 32.3 Å². The molecule has 3 fully saturated rings. The lowest BCUT2D eigenvalue weighted by Crippen LogP contribution is -2.52. The Morgan fingerprint density at radius 3 is 2.02 bits per heavy atom. The third kappa shape index (κ3) is 20.8. The number of nitrogens with one attached hydrogen (secondary N) is 6. The van der Waals surface area contributed by atoms with E-state index in [9.17, 15) is 28.8 Å². The van der Waals surface area contributed by atoms with Gasteiger partial charge in [-0.05, 0) is 62.0 Å². The highest BCUT2D eigenvalue weighted by Gasteiger charge is 2.32. The molecule has 3 saturated carbocycles. The summed E-state index contributed by atoms with van der Waals surface area (Å²) in [5.41, 5.74) is 8.06. The summed E-state index contributed by atoms with van der Waals surface area (Å²) in [6, 6.07) is 7.88. The molecular formula is C35H59N7O7. The molecule has 2 bridgehead atoms. The number of amides is 6. The molecule has 0 aliphatic heterocycles. The quantitative estimate of drug-likeness (QED) is 0.0490. The summed E-state index contributed by atoms with van der Waals surface area (Å²) in [6.07, 6.45) is 12.0. The molecular weight excluding hydrogens is 630 g/mol. The Morgan fingerprint density at radius 1 is 0.837 bits per heavy atom. The zero-order valence-electron chi connectivity index (χ0n) is 29.5. The molecule has 276 valence electrons. The first-order chi connectivity index (χ1) is 23.6. The van der Waals surface area contributed by atoms with Crippen LogP contribution in [0, 0.1) is 17.8 Å². The van der Waals surface area contributed by atoms with Gasteiger partial charge in [-0.25, -0.2) is 5.48 Å². The van der Waals surface area contributed by atoms with Gasteiger partial charge in [-0.2, -0.15) is 0 Å². The van der Waals surface area contributed by atoms with Crippen molar-refractivity contribution < 1.29 is 33.6 Å². The summed E-state index contributed by atoms with van der Waals surface area (Å²) >= 11 is 0. The first-order valence-corrected chi connectivity index (χ1v) is 17.5. The van der Waals surface area contributed by atoms with Crippen molar-refractivity contribution in [1.82, 2.24) is 32.1 Å². The van der Waals surface area contributed by atoms with E-state index in [2.05, 4.69) is 52.2 Å². The number of benzene rings is 1. The van der Waals surface area contributed by atoms with Crippen LogP contribution in [-0.4, -0.2) is 74.9 Å². The predicted octanol–water partition coefficient (Wildman–Crippen LogP) is 1.58. The fraction of sp³-hybridized carbons (Fsp3) is 0.657. The molecule has 6 amide bonds. The minimum absolute atomic E-state index is 0.139. The normalized spacial score (nSPS) is 17.8. The zero-order valence-corrected chi connectivity index (χ0v) is 29.5. The number of hydrogen-bond donors (Lipinski definition) is 7. The summed E-state index contributed by atoms with van der Waals surface area (Å²) in [5, 5.41) is 12.1. The molecule has 2 unspecified atom stereocenters. The number of carbonyl (C=O) groups excluding carboxylic acids is 6. The maximum absolute atomic E-state index is 12.7. The van der Waals surface area contributed by atoms with Crippen LogP contribution in [0.15, 0.2) is 30.3 Å². The highest BCUT2D eigenvalue weighted by Crippen LogP contribution is 2.44. The van der Waals surface area contributed by atoms with Gasteiger partial charge in [-0.15, -0.1) is 0 Å². The first-order valence-electron chi connectivity index (χ1n) is 17.5. The van der Waals surface area contributed by atoms with Gasteiger partial charge in [0.2, 0.25) is 35.9 Å². The van der Waals surface area contributed by atoms with Crippen molar-refractivity contribution in [3.63, 3.8) is 0 Å². The highest BCUT2D eigenvalue weighted by atomic mass is 16.7. The van der Waals surface area contributed by atoms with E-state index >= 15 is 0 Å². The highest BCUT2D eigenvalue weighted by molar-refractivity contribution is 5.92. The second kappa shape index (κ2) is 26.9. The minimum atomic E-state index is -1.03. The van der Waals surface area contributed by atoms with Crippen LogP contribution in [-0.2, 0) is 40.0 Å². The fourth-order valence-electron chi connectivity index (χ4n) is 5.68. The molecule has 8 N–H and O–H groups in total. The van der Waals surface area contributed by atoms with Crippen molar-refractivity contribution in [3.05, 3.63) is 35.9 Å². The summed E-state index contributed by atoms with van der Waals surface area (Å²) in [7, 11) is 0. The number of carbonyl (C=O) groups is 6. The Hall–Kier alpha value is -4.04. The number of fused-ring (bicyclic) bond motifs is 3. The van der Waals surface area contributed by atoms with Gasteiger partial charge >= 0.3 is 0 Å².